The topological polar surface area (TPSA) is 9.23 Å². The zero-order chi connectivity index (χ0) is 18.3. The quantitative estimate of drug-likeness (QED) is 0.312. The van der Waals surface area contributed by atoms with Crippen LogP contribution in [-0.4, -0.2) is 0 Å². The Hall–Kier alpha value is -1.76. The standard InChI is InChI=1S/C25H36O/c1-2-3-4-5-6-7-8-9-10-17-22-25(23-18-13-11-14-19-23)26-24-20-15-12-16-21-24/h11-16,18-21,25H,2-10,17,22H2,1H3. The monoisotopic (exact) mass is 352 g/mol. The zero-order valence-electron chi connectivity index (χ0n) is 16.5. The molecule has 1 heteroatoms. The van der Waals surface area contributed by atoms with E-state index in [1.54, 1.807) is 0 Å². The first-order chi connectivity index (χ1) is 12.9. The smallest absolute Gasteiger partial charge is 0.124 e. The lowest BCUT2D eigenvalue weighted by atomic mass is 10.0. The summed E-state index contributed by atoms with van der Waals surface area (Å²) in [5, 5.41) is 0. The van der Waals surface area contributed by atoms with E-state index in [0.29, 0.717) is 0 Å². The number of rotatable bonds is 14. The predicted molar refractivity (Wildman–Crippen MR) is 113 cm³/mol. The molecule has 0 bridgehead atoms. The number of ether oxygens (including phenoxy) is 1. The van der Waals surface area contributed by atoms with Crippen LogP contribution in [0.4, 0.5) is 0 Å². The minimum Gasteiger partial charge on any atom is -0.486 e. The fourth-order valence-corrected chi connectivity index (χ4v) is 3.44. The van der Waals surface area contributed by atoms with Crippen LogP contribution in [0.1, 0.15) is 89.2 Å². The van der Waals surface area contributed by atoms with Crippen LogP contribution in [0.5, 0.6) is 5.75 Å². The molecule has 2 rings (SSSR count). The van der Waals surface area contributed by atoms with Crippen LogP contribution in [-0.2, 0) is 0 Å². The van der Waals surface area contributed by atoms with Gasteiger partial charge < -0.3 is 4.74 Å². The van der Waals surface area contributed by atoms with Crippen molar-refractivity contribution in [2.45, 2.75) is 83.7 Å². The first kappa shape index (κ1) is 20.6. The third-order valence-corrected chi connectivity index (χ3v) is 5.01. The average molecular weight is 353 g/mol. The number of benzene rings is 2. The van der Waals surface area contributed by atoms with E-state index in [1.165, 1.54) is 69.8 Å². The van der Waals surface area contributed by atoms with Gasteiger partial charge in [0.05, 0.1) is 0 Å². The summed E-state index contributed by atoms with van der Waals surface area (Å²) in [6.45, 7) is 2.28. The molecule has 1 atom stereocenters. The maximum atomic E-state index is 6.28. The summed E-state index contributed by atoms with van der Waals surface area (Å²) >= 11 is 0. The number of unbranched alkanes of at least 4 members (excludes halogenated alkanes) is 9. The van der Waals surface area contributed by atoms with Crippen molar-refractivity contribution < 1.29 is 4.74 Å². The number of para-hydroxylation sites is 1. The van der Waals surface area contributed by atoms with E-state index in [9.17, 15) is 0 Å². The summed E-state index contributed by atoms with van der Waals surface area (Å²) in [7, 11) is 0. The average Bonchev–Trinajstić information content (AvgIpc) is 2.70. The lowest BCUT2D eigenvalue weighted by Gasteiger charge is -2.19. The largest absolute Gasteiger partial charge is 0.486 e. The summed E-state index contributed by atoms with van der Waals surface area (Å²) in [4.78, 5) is 0. The fraction of sp³-hybridized carbons (Fsp3) is 0.520. The maximum Gasteiger partial charge on any atom is 0.124 e. The van der Waals surface area contributed by atoms with E-state index < -0.39 is 0 Å². The van der Waals surface area contributed by atoms with E-state index in [2.05, 4.69) is 49.4 Å². The molecule has 2 aromatic carbocycles. The van der Waals surface area contributed by atoms with Gasteiger partial charge in [0.2, 0.25) is 0 Å². The van der Waals surface area contributed by atoms with Crippen molar-refractivity contribution in [1.82, 2.24) is 0 Å². The van der Waals surface area contributed by atoms with Gasteiger partial charge in [-0.05, 0) is 30.5 Å². The van der Waals surface area contributed by atoms with E-state index in [-0.39, 0.29) is 6.10 Å². The number of hydrogen-bond donors (Lipinski definition) is 0. The van der Waals surface area contributed by atoms with Crippen LogP contribution in [0.15, 0.2) is 60.7 Å². The Morgan fingerprint density at radius 1 is 0.615 bits per heavy atom. The van der Waals surface area contributed by atoms with Crippen LogP contribution < -0.4 is 4.74 Å². The van der Waals surface area contributed by atoms with Gasteiger partial charge in [-0.3, -0.25) is 0 Å². The van der Waals surface area contributed by atoms with Gasteiger partial charge in [0.15, 0.2) is 0 Å². The van der Waals surface area contributed by atoms with Crippen LogP contribution in [0.3, 0.4) is 0 Å². The molecular formula is C25H36O. The summed E-state index contributed by atoms with van der Waals surface area (Å²) in [6, 6.07) is 20.9. The summed E-state index contributed by atoms with van der Waals surface area (Å²) < 4.78 is 6.28. The highest BCUT2D eigenvalue weighted by Crippen LogP contribution is 2.27. The minimum absolute atomic E-state index is 0.160. The molecule has 0 aliphatic heterocycles. The van der Waals surface area contributed by atoms with Crippen molar-refractivity contribution >= 4 is 0 Å². The van der Waals surface area contributed by atoms with Gasteiger partial charge in [-0.25, -0.2) is 0 Å². The van der Waals surface area contributed by atoms with Gasteiger partial charge >= 0.3 is 0 Å². The van der Waals surface area contributed by atoms with Crippen molar-refractivity contribution in [3.05, 3.63) is 66.2 Å². The summed E-state index contributed by atoms with van der Waals surface area (Å²) in [5.74, 6) is 0.966. The fourth-order valence-electron chi connectivity index (χ4n) is 3.44. The van der Waals surface area contributed by atoms with Crippen LogP contribution in [0, 0.1) is 0 Å². The molecule has 2 aromatic rings. The van der Waals surface area contributed by atoms with E-state index in [4.69, 9.17) is 4.74 Å². The Bertz CT molecular complexity index is 549. The second-order valence-corrected chi connectivity index (χ2v) is 7.30. The Balaban J connectivity index is 1.67. The first-order valence-corrected chi connectivity index (χ1v) is 10.7. The minimum atomic E-state index is 0.160. The van der Waals surface area contributed by atoms with Gasteiger partial charge in [0, 0.05) is 0 Å². The van der Waals surface area contributed by atoms with E-state index >= 15 is 0 Å². The van der Waals surface area contributed by atoms with Crippen molar-refractivity contribution in [3.63, 3.8) is 0 Å². The lowest BCUT2D eigenvalue weighted by Crippen LogP contribution is -2.07. The third kappa shape index (κ3) is 8.56. The highest BCUT2D eigenvalue weighted by atomic mass is 16.5. The molecule has 1 nitrogen and oxygen atoms in total. The van der Waals surface area contributed by atoms with E-state index in [0.717, 1.165) is 12.2 Å². The molecule has 0 aromatic heterocycles. The van der Waals surface area contributed by atoms with Gasteiger partial charge in [-0.2, -0.15) is 0 Å². The molecule has 0 heterocycles. The van der Waals surface area contributed by atoms with Crippen molar-refractivity contribution in [2.75, 3.05) is 0 Å². The maximum absolute atomic E-state index is 6.28. The SMILES string of the molecule is CCCCCCCCCCCCC(Oc1ccccc1)c1ccccc1. The summed E-state index contributed by atoms with van der Waals surface area (Å²) in [6.07, 6.45) is 15.0. The molecule has 0 N–H and O–H groups in total. The summed E-state index contributed by atoms with van der Waals surface area (Å²) in [5.41, 5.74) is 1.28. The van der Waals surface area contributed by atoms with Crippen molar-refractivity contribution in [2.24, 2.45) is 0 Å². The van der Waals surface area contributed by atoms with E-state index in [1.807, 2.05) is 18.2 Å². The highest BCUT2D eigenvalue weighted by molar-refractivity contribution is 5.24. The molecule has 0 spiro atoms. The Labute approximate surface area is 160 Å². The van der Waals surface area contributed by atoms with Gasteiger partial charge in [0.25, 0.3) is 0 Å². The zero-order valence-corrected chi connectivity index (χ0v) is 16.5. The van der Waals surface area contributed by atoms with Gasteiger partial charge in [-0.1, -0.05) is 113 Å². The molecule has 0 aliphatic carbocycles. The molecule has 0 aliphatic rings. The Morgan fingerprint density at radius 2 is 1.12 bits per heavy atom. The Morgan fingerprint density at radius 3 is 1.69 bits per heavy atom. The third-order valence-electron chi connectivity index (χ3n) is 5.01. The molecule has 0 saturated heterocycles. The lowest BCUT2D eigenvalue weighted by molar-refractivity contribution is 0.190. The molecule has 26 heavy (non-hydrogen) atoms. The predicted octanol–water partition coefficient (Wildman–Crippen LogP) is 8.12. The normalized spacial score (nSPS) is 12.0. The highest BCUT2D eigenvalue weighted by Gasteiger charge is 2.12. The van der Waals surface area contributed by atoms with Crippen LogP contribution >= 0.6 is 0 Å². The molecule has 0 saturated carbocycles. The molecule has 0 radical (unpaired) electrons. The van der Waals surface area contributed by atoms with Crippen molar-refractivity contribution in [1.29, 1.82) is 0 Å². The number of hydrogen-bond acceptors (Lipinski definition) is 1. The molecule has 0 amide bonds. The van der Waals surface area contributed by atoms with Crippen LogP contribution in [0.2, 0.25) is 0 Å². The molecule has 0 fully saturated rings. The van der Waals surface area contributed by atoms with Crippen LogP contribution in [0.25, 0.3) is 0 Å². The molecule has 1 unspecified atom stereocenters. The first-order valence-electron chi connectivity index (χ1n) is 10.7. The molecule has 142 valence electrons. The van der Waals surface area contributed by atoms with Gasteiger partial charge in [0.1, 0.15) is 11.9 Å². The Kier molecular flexibility index (Phi) is 10.6. The van der Waals surface area contributed by atoms with Gasteiger partial charge in [-0.15, -0.1) is 0 Å². The molecular weight excluding hydrogens is 316 g/mol. The second kappa shape index (κ2) is 13.4. The second-order valence-electron chi connectivity index (χ2n) is 7.30. The van der Waals surface area contributed by atoms with Crippen molar-refractivity contribution in [3.8, 4) is 5.75 Å².